The van der Waals surface area contributed by atoms with Gasteiger partial charge in [0.25, 0.3) is 0 Å². The van der Waals surface area contributed by atoms with E-state index in [1.54, 1.807) is 13.0 Å². The number of rotatable bonds is 4. The second kappa shape index (κ2) is 5.36. The molecular weight excluding hydrogens is 269 g/mol. The van der Waals surface area contributed by atoms with Crippen LogP contribution in [-0.4, -0.2) is 14.5 Å². The maximum absolute atomic E-state index is 12.0. The van der Waals surface area contributed by atoms with E-state index < -0.39 is 10.0 Å². The van der Waals surface area contributed by atoms with Crippen molar-refractivity contribution in [3.05, 3.63) is 28.2 Å². The predicted molar refractivity (Wildman–Crippen MR) is 66.5 cm³/mol. The van der Waals surface area contributed by atoms with Crippen LogP contribution in [0.25, 0.3) is 0 Å². The Morgan fingerprint density at radius 3 is 2.25 bits per heavy atom. The van der Waals surface area contributed by atoms with Gasteiger partial charge in [-0.25, -0.2) is 13.1 Å². The van der Waals surface area contributed by atoms with E-state index in [1.165, 1.54) is 12.1 Å². The maximum atomic E-state index is 12.0. The standard InChI is InChI=1S/C10H13Cl2NO2S/c1-3-7(2)13-16(14,15)10-8(11)5-4-6-9(10)12/h4-7,13H,3H2,1-2H3/t7-/m0/s1. The highest BCUT2D eigenvalue weighted by Crippen LogP contribution is 2.28. The lowest BCUT2D eigenvalue weighted by Crippen LogP contribution is -2.32. The number of benzene rings is 1. The molecule has 0 aliphatic rings. The summed E-state index contributed by atoms with van der Waals surface area (Å²) < 4.78 is 26.4. The zero-order valence-electron chi connectivity index (χ0n) is 9.00. The van der Waals surface area contributed by atoms with Crippen molar-refractivity contribution in [1.82, 2.24) is 4.72 Å². The van der Waals surface area contributed by atoms with Crippen LogP contribution < -0.4 is 4.72 Å². The minimum atomic E-state index is -3.65. The van der Waals surface area contributed by atoms with Crippen LogP contribution in [0.5, 0.6) is 0 Å². The van der Waals surface area contributed by atoms with Gasteiger partial charge in [0.2, 0.25) is 10.0 Å². The van der Waals surface area contributed by atoms with Crippen molar-refractivity contribution in [2.75, 3.05) is 0 Å². The molecule has 0 aromatic heterocycles. The Labute approximate surface area is 106 Å². The maximum Gasteiger partial charge on any atom is 0.243 e. The van der Waals surface area contributed by atoms with Crippen molar-refractivity contribution in [2.45, 2.75) is 31.2 Å². The Morgan fingerprint density at radius 2 is 1.81 bits per heavy atom. The van der Waals surface area contributed by atoms with Crippen molar-refractivity contribution in [1.29, 1.82) is 0 Å². The molecule has 1 rings (SSSR count). The molecule has 90 valence electrons. The zero-order valence-corrected chi connectivity index (χ0v) is 11.3. The summed E-state index contributed by atoms with van der Waals surface area (Å²) in [7, 11) is -3.65. The summed E-state index contributed by atoms with van der Waals surface area (Å²) in [5.74, 6) is 0. The van der Waals surface area contributed by atoms with E-state index in [1.807, 2.05) is 6.92 Å². The van der Waals surface area contributed by atoms with Crippen molar-refractivity contribution in [3.8, 4) is 0 Å². The SMILES string of the molecule is CC[C@H](C)NS(=O)(=O)c1c(Cl)cccc1Cl. The van der Waals surface area contributed by atoms with Crippen molar-refractivity contribution >= 4 is 33.2 Å². The Bertz CT molecular complexity index is 453. The van der Waals surface area contributed by atoms with Gasteiger partial charge in [-0.15, -0.1) is 0 Å². The summed E-state index contributed by atoms with van der Waals surface area (Å²) in [4.78, 5) is -0.0568. The van der Waals surface area contributed by atoms with Gasteiger partial charge in [-0.1, -0.05) is 36.2 Å². The van der Waals surface area contributed by atoms with E-state index in [-0.39, 0.29) is 21.0 Å². The first-order valence-electron chi connectivity index (χ1n) is 4.84. The molecule has 1 aromatic carbocycles. The van der Waals surface area contributed by atoms with Gasteiger partial charge in [-0.05, 0) is 25.5 Å². The molecule has 6 heteroatoms. The molecule has 3 nitrogen and oxygen atoms in total. The third-order valence-electron chi connectivity index (χ3n) is 2.16. The number of hydrogen-bond acceptors (Lipinski definition) is 2. The van der Waals surface area contributed by atoms with Crippen molar-refractivity contribution in [3.63, 3.8) is 0 Å². The van der Waals surface area contributed by atoms with E-state index in [0.29, 0.717) is 6.42 Å². The topological polar surface area (TPSA) is 46.2 Å². The lowest BCUT2D eigenvalue weighted by molar-refractivity contribution is 0.556. The molecular formula is C10H13Cl2NO2S. The average molecular weight is 282 g/mol. The van der Waals surface area contributed by atoms with Crippen LogP contribution in [0.15, 0.2) is 23.1 Å². The molecule has 16 heavy (non-hydrogen) atoms. The van der Waals surface area contributed by atoms with E-state index in [0.717, 1.165) is 0 Å². The van der Waals surface area contributed by atoms with Gasteiger partial charge in [0, 0.05) is 6.04 Å². The van der Waals surface area contributed by atoms with E-state index in [4.69, 9.17) is 23.2 Å². The largest absolute Gasteiger partial charge is 0.243 e. The zero-order chi connectivity index (χ0) is 12.3. The van der Waals surface area contributed by atoms with Crippen LogP contribution in [0, 0.1) is 0 Å². The van der Waals surface area contributed by atoms with Crippen LogP contribution in [0.1, 0.15) is 20.3 Å². The van der Waals surface area contributed by atoms with Crippen LogP contribution in [0.2, 0.25) is 10.0 Å². The fourth-order valence-electron chi connectivity index (χ4n) is 1.15. The number of hydrogen-bond donors (Lipinski definition) is 1. The highest BCUT2D eigenvalue weighted by atomic mass is 35.5. The second-order valence-electron chi connectivity index (χ2n) is 3.48. The van der Waals surface area contributed by atoms with Crippen molar-refractivity contribution < 1.29 is 8.42 Å². The van der Waals surface area contributed by atoms with Gasteiger partial charge < -0.3 is 0 Å². The van der Waals surface area contributed by atoms with Crippen LogP contribution in [-0.2, 0) is 10.0 Å². The second-order valence-corrected chi connectivity index (χ2v) is 5.95. The summed E-state index contributed by atoms with van der Waals surface area (Å²) in [5, 5.41) is 0.256. The summed E-state index contributed by atoms with van der Waals surface area (Å²) in [6.07, 6.45) is 0.696. The van der Waals surface area contributed by atoms with Crippen LogP contribution in [0.3, 0.4) is 0 Å². The lowest BCUT2D eigenvalue weighted by Gasteiger charge is -2.13. The first-order chi connectivity index (χ1) is 7.38. The van der Waals surface area contributed by atoms with Crippen LogP contribution in [0.4, 0.5) is 0 Å². The lowest BCUT2D eigenvalue weighted by atomic mass is 10.3. The Balaban J connectivity index is 3.17. The van der Waals surface area contributed by atoms with Gasteiger partial charge in [-0.3, -0.25) is 0 Å². The molecule has 0 fully saturated rings. The van der Waals surface area contributed by atoms with Gasteiger partial charge in [0.05, 0.1) is 10.0 Å². The number of halogens is 2. The molecule has 0 unspecified atom stereocenters. The van der Waals surface area contributed by atoms with Gasteiger partial charge in [0.15, 0.2) is 0 Å². The van der Waals surface area contributed by atoms with Crippen molar-refractivity contribution in [2.24, 2.45) is 0 Å². The third kappa shape index (κ3) is 3.10. The smallest absolute Gasteiger partial charge is 0.208 e. The number of sulfonamides is 1. The normalized spacial score (nSPS) is 13.8. The summed E-state index contributed by atoms with van der Waals surface area (Å²) in [5.41, 5.74) is 0. The van der Waals surface area contributed by atoms with E-state index >= 15 is 0 Å². The molecule has 0 saturated heterocycles. The summed E-state index contributed by atoms with van der Waals surface area (Å²) in [6.45, 7) is 3.67. The average Bonchev–Trinajstić information content (AvgIpc) is 2.16. The molecule has 0 bridgehead atoms. The first-order valence-corrected chi connectivity index (χ1v) is 7.08. The van der Waals surface area contributed by atoms with Gasteiger partial charge in [0.1, 0.15) is 4.90 Å². The molecule has 1 atom stereocenters. The molecule has 0 amide bonds. The summed E-state index contributed by atoms with van der Waals surface area (Å²) >= 11 is 11.7. The fraction of sp³-hybridized carbons (Fsp3) is 0.400. The first kappa shape index (κ1) is 13.8. The highest BCUT2D eigenvalue weighted by Gasteiger charge is 2.22. The Morgan fingerprint density at radius 1 is 1.31 bits per heavy atom. The molecule has 0 heterocycles. The molecule has 0 spiro atoms. The number of nitrogens with one attached hydrogen (secondary N) is 1. The molecule has 0 radical (unpaired) electrons. The predicted octanol–water partition coefficient (Wildman–Crippen LogP) is 3.07. The quantitative estimate of drug-likeness (QED) is 0.922. The van der Waals surface area contributed by atoms with E-state index in [2.05, 4.69) is 4.72 Å². The van der Waals surface area contributed by atoms with Gasteiger partial charge >= 0.3 is 0 Å². The Hall–Kier alpha value is -0.290. The fourth-order valence-corrected chi connectivity index (χ4v) is 3.62. The minimum Gasteiger partial charge on any atom is -0.208 e. The van der Waals surface area contributed by atoms with E-state index in [9.17, 15) is 8.42 Å². The monoisotopic (exact) mass is 281 g/mol. The highest BCUT2D eigenvalue weighted by molar-refractivity contribution is 7.89. The third-order valence-corrected chi connectivity index (χ3v) is 4.70. The summed E-state index contributed by atoms with van der Waals surface area (Å²) in [6, 6.07) is 4.45. The molecule has 0 saturated carbocycles. The molecule has 1 N–H and O–H groups in total. The van der Waals surface area contributed by atoms with Crippen LogP contribution >= 0.6 is 23.2 Å². The molecule has 0 aliphatic heterocycles. The minimum absolute atomic E-state index is 0.0568. The molecule has 1 aromatic rings. The van der Waals surface area contributed by atoms with Gasteiger partial charge in [-0.2, -0.15) is 0 Å². The Kier molecular flexibility index (Phi) is 4.62. The molecule has 0 aliphatic carbocycles.